The van der Waals surface area contributed by atoms with E-state index < -0.39 is 5.82 Å². The molecule has 1 aliphatic heterocycles. The van der Waals surface area contributed by atoms with Gasteiger partial charge < -0.3 is 10.2 Å². The van der Waals surface area contributed by atoms with Gasteiger partial charge in [-0.3, -0.25) is 4.79 Å². The number of halogens is 1. The van der Waals surface area contributed by atoms with Crippen LogP contribution in [0.2, 0.25) is 0 Å². The maximum atomic E-state index is 13.8. The summed E-state index contributed by atoms with van der Waals surface area (Å²) in [4.78, 5) is 13.8. The number of aryl methyl sites for hydroxylation is 1. The third-order valence-electron chi connectivity index (χ3n) is 3.31. The number of carbonyl (C=O) groups is 1. The predicted octanol–water partition coefficient (Wildman–Crippen LogP) is 1.57. The highest BCUT2D eigenvalue weighted by Crippen LogP contribution is 2.17. The van der Waals surface area contributed by atoms with E-state index in [-0.39, 0.29) is 11.5 Å². The van der Waals surface area contributed by atoms with E-state index in [2.05, 4.69) is 5.32 Å². The van der Waals surface area contributed by atoms with Crippen LogP contribution in [0.1, 0.15) is 22.3 Å². The zero-order valence-electron chi connectivity index (χ0n) is 10.2. The van der Waals surface area contributed by atoms with Gasteiger partial charge in [-0.1, -0.05) is 12.1 Å². The highest BCUT2D eigenvalue weighted by molar-refractivity contribution is 5.94. The molecule has 0 aliphatic carbocycles. The monoisotopic (exact) mass is 236 g/mol. The molecule has 0 bridgehead atoms. The van der Waals surface area contributed by atoms with Crippen molar-refractivity contribution < 1.29 is 9.18 Å². The van der Waals surface area contributed by atoms with Gasteiger partial charge in [0, 0.05) is 19.1 Å². The van der Waals surface area contributed by atoms with Crippen molar-refractivity contribution in [3.8, 4) is 0 Å². The fraction of sp³-hybridized carbons (Fsp3) is 0.462. The van der Waals surface area contributed by atoms with E-state index in [1.807, 2.05) is 7.05 Å². The van der Waals surface area contributed by atoms with Crippen LogP contribution in [0.3, 0.4) is 0 Å². The summed E-state index contributed by atoms with van der Waals surface area (Å²) in [6, 6.07) is 5.27. The SMILES string of the molecule is CNC1CCN(C(=O)c2cccc(C)c2F)C1. The third kappa shape index (κ3) is 2.31. The van der Waals surface area contributed by atoms with Crippen LogP contribution in [-0.2, 0) is 0 Å². The molecule has 0 saturated carbocycles. The summed E-state index contributed by atoms with van der Waals surface area (Å²) in [7, 11) is 1.88. The van der Waals surface area contributed by atoms with Crippen LogP contribution < -0.4 is 5.32 Å². The summed E-state index contributed by atoms with van der Waals surface area (Å²) in [6.45, 7) is 3.02. The van der Waals surface area contributed by atoms with E-state index in [1.165, 1.54) is 0 Å². The molecule has 3 nitrogen and oxygen atoms in total. The quantitative estimate of drug-likeness (QED) is 0.845. The molecule has 1 heterocycles. The number of likely N-dealkylation sites (tertiary alicyclic amines) is 1. The van der Waals surface area contributed by atoms with Crippen molar-refractivity contribution in [3.05, 3.63) is 35.1 Å². The number of likely N-dealkylation sites (N-methyl/N-ethyl adjacent to an activating group) is 1. The Kier molecular flexibility index (Phi) is 3.43. The average molecular weight is 236 g/mol. The van der Waals surface area contributed by atoms with Crippen molar-refractivity contribution in [1.29, 1.82) is 0 Å². The lowest BCUT2D eigenvalue weighted by molar-refractivity contribution is 0.0785. The van der Waals surface area contributed by atoms with E-state index in [0.29, 0.717) is 24.7 Å². The van der Waals surface area contributed by atoms with Gasteiger partial charge in [-0.2, -0.15) is 0 Å². The molecule has 1 aromatic carbocycles. The summed E-state index contributed by atoms with van der Waals surface area (Å²) in [5.74, 6) is -0.602. The molecule has 1 aromatic rings. The fourth-order valence-electron chi connectivity index (χ4n) is 2.16. The predicted molar refractivity (Wildman–Crippen MR) is 64.5 cm³/mol. The van der Waals surface area contributed by atoms with E-state index >= 15 is 0 Å². The molecule has 1 unspecified atom stereocenters. The van der Waals surface area contributed by atoms with Crippen LogP contribution in [0.15, 0.2) is 18.2 Å². The standard InChI is InChI=1S/C13H17FN2O/c1-9-4-3-5-11(12(9)14)13(17)16-7-6-10(8-16)15-2/h3-5,10,15H,6-8H2,1-2H3. The molecule has 1 amide bonds. The van der Waals surface area contributed by atoms with Crippen molar-refractivity contribution in [2.24, 2.45) is 0 Å². The largest absolute Gasteiger partial charge is 0.337 e. The molecular formula is C13H17FN2O. The normalized spacial score (nSPS) is 19.7. The summed E-state index contributed by atoms with van der Waals surface area (Å²) in [5.41, 5.74) is 0.696. The van der Waals surface area contributed by atoms with Crippen LogP contribution in [0.25, 0.3) is 0 Å². The van der Waals surface area contributed by atoms with E-state index in [0.717, 1.165) is 6.42 Å². The van der Waals surface area contributed by atoms with E-state index in [9.17, 15) is 9.18 Å². The van der Waals surface area contributed by atoms with Crippen LogP contribution in [-0.4, -0.2) is 37.0 Å². The lowest BCUT2D eigenvalue weighted by Crippen LogP contribution is -2.33. The summed E-state index contributed by atoms with van der Waals surface area (Å²) >= 11 is 0. The lowest BCUT2D eigenvalue weighted by Gasteiger charge is -2.17. The van der Waals surface area contributed by atoms with Crippen LogP contribution in [0, 0.1) is 12.7 Å². The molecule has 1 atom stereocenters. The molecule has 0 spiro atoms. The third-order valence-corrected chi connectivity index (χ3v) is 3.31. The van der Waals surface area contributed by atoms with Gasteiger partial charge in [0.05, 0.1) is 5.56 Å². The first-order valence-corrected chi connectivity index (χ1v) is 5.85. The Balaban J connectivity index is 2.18. The number of nitrogens with one attached hydrogen (secondary N) is 1. The number of hydrogen-bond donors (Lipinski definition) is 1. The smallest absolute Gasteiger partial charge is 0.256 e. The molecule has 1 fully saturated rings. The Labute approximate surface area is 101 Å². The zero-order valence-corrected chi connectivity index (χ0v) is 10.2. The molecule has 1 aliphatic rings. The maximum absolute atomic E-state index is 13.8. The van der Waals surface area contributed by atoms with E-state index in [1.54, 1.807) is 30.0 Å². The van der Waals surface area contributed by atoms with E-state index in [4.69, 9.17) is 0 Å². The minimum atomic E-state index is -0.398. The molecule has 4 heteroatoms. The Bertz CT molecular complexity index is 433. The van der Waals surface area contributed by atoms with Crippen molar-refractivity contribution in [2.45, 2.75) is 19.4 Å². The molecule has 0 aromatic heterocycles. The first-order chi connectivity index (χ1) is 8.13. The molecule has 2 rings (SSSR count). The average Bonchev–Trinajstić information content (AvgIpc) is 2.80. The second kappa shape index (κ2) is 4.84. The van der Waals surface area contributed by atoms with Gasteiger partial charge in [0.15, 0.2) is 0 Å². The Morgan fingerprint density at radius 1 is 1.53 bits per heavy atom. The van der Waals surface area contributed by atoms with Crippen LogP contribution >= 0.6 is 0 Å². The van der Waals surface area contributed by atoms with Gasteiger partial charge in [-0.25, -0.2) is 4.39 Å². The van der Waals surface area contributed by atoms with Gasteiger partial charge in [-0.15, -0.1) is 0 Å². The number of benzene rings is 1. The van der Waals surface area contributed by atoms with Gasteiger partial charge in [-0.05, 0) is 32.0 Å². The number of rotatable bonds is 2. The van der Waals surface area contributed by atoms with Crippen molar-refractivity contribution in [1.82, 2.24) is 10.2 Å². The lowest BCUT2D eigenvalue weighted by atomic mass is 10.1. The Morgan fingerprint density at radius 2 is 2.29 bits per heavy atom. The molecule has 92 valence electrons. The minimum Gasteiger partial charge on any atom is -0.337 e. The highest BCUT2D eigenvalue weighted by Gasteiger charge is 2.27. The van der Waals surface area contributed by atoms with Crippen molar-refractivity contribution >= 4 is 5.91 Å². The molecule has 1 saturated heterocycles. The second-order valence-electron chi connectivity index (χ2n) is 4.46. The Morgan fingerprint density at radius 3 is 2.94 bits per heavy atom. The van der Waals surface area contributed by atoms with Crippen molar-refractivity contribution in [3.63, 3.8) is 0 Å². The number of amides is 1. The molecular weight excluding hydrogens is 219 g/mol. The number of nitrogens with zero attached hydrogens (tertiary/aromatic N) is 1. The molecule has 1 N–H and O–H groups in total. The van der Waals surface area contributed by atoms with Crippen LogP contribution in [0.4, 0.5) is 4.39 Å². The number of carbonyl (C=O) groups excluding carboxylic acids is 1. The van der Waals surface area contributed by atoms with Crippen molar-refractivity contribution in [2.75, 3.05) is 20.1 Å². The van der Waals surface area contributed by atoms with Crippen LogP contribution in [0.5, 0.6) is 0 Å². The van der Waals surface area contributed by atoms with Gasteiger partial charge in [0.25, 0.3) is 5.91 Å². The first-order valence-electron chi connectivity index (χ1n) is 5.85. The van der Waals surface area contributed by atoms with Gasteiger partial charge in [0.2, 0.25) is 0 Å². The van der Waals surface area contributed by atoms with Gasteiger partial charge in [0.1, 0.15) is 5.82 Å². The topological polar surface area (TPSA) is 32.3 Å². The molecule has 0 radical (unpaired) electrons. The maximum Gasteiger partial charge on any atom is 0.256 e. The summed E-state index contributed by atoms with van der Waals surface area (Å²) in [5, 5.41) is 3.14. The summed E-state index contributed by atoms with van der Waals surface area (Å²) < 4.78 is 13.8. The zero-order chi connectivity index (χ0) is 12.4. The van der Waals surface area contributed by atoms with Gasteiger partial charge >= 0.3 is 0 Å². The minimum absolute atomic E-state index is 0.182. The second-order valence-corrected chi connectivity index (χ2v) is 4.46. The summed E-state index contributed by atoms with van der Waals surface area (Å²) in [6.07, 6.45) is 0.926. The first kappa shape index (κ1) is 12.0. The highest BCUT2D eigenvalue weighted by atomic mass is 19.1. The number of hydrogen-bond acceptors (Lipinski definition) is 2. The fourth-order valence-corrected chi connectivity index (χ4v) is 2.16. The Hall–Kier alpha value is -1.42. The molecule has 17 heavy (non-hydrogen) atoms.